The van der Waals surface area contributed by atoms with Gasteiger partial charge in [-0.2, -0.15) is 5.10 Å². The molecule has 0 spiro atoms. The molecule has 1 fully saturated rings. The summed E-state index contributed by atoms with van der Waals surface area (Å²) in [6.07, 6.45) is 2.66. The fourth-order valence-corrected chi connectivity index (χ4v) is 4.33. The first-order valence-electron chi connectivity index (χ1n) is 10.4. The number of carbonyl (C=O) groups is 1. The second-order valence-corrected chi connectivity index (χ2v) is 8.44. The number of nitrogens with zero attached hydrogens (tertiary/aromatic N) is 5. The van der Waals surface area contributed by atoms with Gasteiger partial charge in [0.05, 0.1) is 6.20 Å². The minimum absolute atomic E-state index is 0.0546. The van der Waals surface area contributed by atoms with Gasteiger partial charge in [0.1, 0.15) is 11.4 Å². The van der Waals surface area contributed by atoms with Crippen LogP contribution < -0.4 is 0 Å². The summed E-state index contributed by atoms with van der Waals surface area (Å²) in [6.45, 7) is 8.27. The molecule has 1 aromatic carbocycles. The van der Waals surface area contributed by atoms with Crippen LogP contribution in [0.15, 0.2) is 42.6 Å². The molecule has 3 heterocycles. The van der Waals surface area contributed by atoms with Crippen LogP contribution in [-0.4, -0.2) is 56.2 Å². The molecule has 158 valence electrons. The van der Waals surface area contributed by atoms with Crippen molar-refractivity contribution in [3.8, 4) is 5.82 Å². The van der Waals surface area contributed by atoms with Crippen LogP contribution in [0.2, 0.25) is 5.02 Å². The van der Waals surface area contributed by atoms with Gasteiger partial charge >= 0.3 is 0 Å². The minimum Gasteiger partial charge on any atom is -0.337 e. The third-order valence-corrected chi connectivity index (χ3v) is 6.07. The fourth-order valence-electron chi connectivity index (χ4n) is 4.20. The van der Waals surface area contributed by atoms with Gasteiger partial charge in [-0.3, -0.25) is 14.4 Å². The number of aromatic nitrogens is 3. The van der Waals surface area contributed by atoms with Crippen molar-refractivity contribution in [1.82, 2.24) is 24.1 Å². The lowest BCUT2D eigenvalue weighted by Gasteiger charge is -2.22. The smallest absolute Gasteiger partial charge is 0.259 e. The van der Waals surface area contributed by atoms with Gasteiger partial charge in [-0.1, -0.05) is 23.7 Å². The van der Waals surface area contributed by atoms with E-state index in [1.807, 2.05) is 24.1 Å². The highest BCUT2D eigenvalue weighted by atomic mass is 35.5. The van der Waals surface area contributed by atoms with Gasteiger partial charge in [0.25, 0.3) is 5.91 Å². The van der Waals surface area contributed by atoms with Gasteiger partial charge < -0.3 is 9.47 Å². The van der Waals surface area contributed by atoms with Crippen LogP contribution in [0.4, 0.5) is 0 Å². The van der Waals surface area contributed by atoms with Crippen molar-refractivity contribution in [3.05, 3.63) is 70.1 Å². The van der Waals surface area contributed by atoms with Crippen LogP contribution in [0.1, 0.15) is 33.7 Å². The molecule has 30 heavy (non-hydrogen) atoms. The molecular weight excluding hydrogens is 398 g/mol. The normalized spacial score (nSPS) is 15.4. The molecule has 1 aliphatic heterocycles. The second kappa shape index (κ2) is 8.66. The first-order chi connectivity index (χ1) is 14.4. The van der Waals surface area contributed by atoms with E-state index in [-0.39, 0.29) is 5.91 Å². The van der Waals surface area contributed by atoms with E-state index in [1.54, 1.807) is 10.9 Å². The number of hydrogen-bond donors (Lipinski definition) is 0. The van der Waals surface area contributed by atoms with E-state index in [0.29, 0.717) is 12.1 Å². The molecule has 0 atom stereocenters. The summed E-state index contributed by atoms with van der Waals surface area (Å²) in [5, 5.41) is 5.16. The lowest BCUT2D eigenvalue weighted by molar-refractivity contribution is 0.0761. The average Bonchev–Trinajstić information content (AvgIpc) is 3.15. The first kappa shape index (κ1) is 20.7. The molecule has 0 bridgehead atoms. The highest BCUT2D eigenvalue weighted by Crippen LogP contribution is 2.22. The Morgan fingerprint density at radius 2 is 1.70 bits per heavy atom. The maximum atomic E-state index is 13.4. The van der Waals surface area contributed by atoms with Crippen molar-refractivity contribution in [2.24, 2.45) is 7.05 Å². The minimum atomic E-state index is 0.0546. The van der Waals surface area contributed by atoms with Crippen LogP contribution in [0.5, 0.6) is 0 Å². The number of carbonyl (C=O) groups excluding carboxylic acids is 1. The molecule has 0 radical (unpaired) electrons. The molecule has 2 aromatic heterocycles. The topological polar surface area (TPSA) is 46.3 Å². The van der Waals surface area contributed by atoms with Crippen molar-refractivity contribution < 1.29 is 4.79 Å². The molecule has 7 heteroatoms. The van der Waals surface area contributed by atoms with E-state index < -0.39 is 0 Å². The van der Waals surface area contributed by atoms with Crippen LogP contribution in [0.25, 0.3) is 5.82 Å². The predicted molar refractivity (Wildman–Crippen MR) is 119 cm³/mol. The van der Waals surface area contributed by atoms with E-state index in [2.05, 4.69) is 52.7 Å². The Hall–Kier alpha value is -2.57. The molecule has 3 aromatic rings. The maximum absolute atomic E-state index is 13.4. The lowest BCUT2D eigenvalue weighted by Crippen LogP contribution is -2.35. The third kappa shape index (κ3) is 4.16. The molecule has 0 saturated carbocycles. The van der Waals surface area contributed by atoms with E-state index >= 15 is 0 Å². The zero-order valence-electron chi connectivity index (χ0n) is 17.8. The number of benzene rings is 1. The van der Waals surface area contributed by atoms with Gasteiger partial charge in [-0.25, -0.2) is 0 Å². The predicted octanol–water partition coefficient (Wildman–Crippen LogP) is 3.83. The Balaban J connectivity index is 1.49. The summed E-state index contributed by atoms with van der Waals surface area (Å²) in [5.74, 6) is 0.890. The summed E-state index contributed by atoms with van der Waals surface area (Å²) in [4.78, 5) is 17.8. The summed E-state index contributed by atoms with van der Waals surface area (Å²) in [6, 6.07) is 12.1. The molecule has 4 rings (SSSR count). The van der Waals surface area contributed by atoms with Gasteiger partial charge in [-0.05, 0) is 50.1 Å². The number of rotatable bonds is 4. The molecule has 1 amide bonds. The van der Waals surface area contributed by atoms with Crippen molar-refractivity contribution in [1.29, 1.82) is 0 Å². The van der Waals surface area contributed by atoms with E-state index in [1.165, 1.54) is 5.56 Å². The van der Waals surface area contributed by atoms with Gasteiger partial charge in [0, 0.05) is 56.2 Å². The molecule has 1 saturated heterocycles. The van der Waals surface area contributed by atoms with Crippen molar-refractivity contribution in [2.75, 3.05) is 26.2 Å². The standard InChI is InChI=1S/C23H28ClN5O/c1-17-5-6-18(2)29(17)22-21(15-25-26(22)3)23(30)28-12-4-11-27(13-14-28)16-19-7-9-20(24)10-8-19/h5-10,15H,4,11-14,16H2,1-3H3. The molecule has 6 nitrogen and oxygen atoms in total. The SMILES string of the molecule is Cc1ccc(C)n1-c1c(C(=O)N2CCCN(Cc3ccc(Cl)cc3)CC2)cnn1C. The molecule has 1 aliphatic rings. The molecule has 0 aliphatic carbocycles. The Labute approximate surface area is 182 Å². The number of amides is 1. The number of aryl methyl sites for hydroxylation is 3. The number of hydrogen-bond acceptors (Lipinski definition) is 3. The maximum Gasteiger partial charge on any atom is 0.259 e. The Morgan fingerprint density at radius 1 is 1.00 bits per heavy atom. The quantitative estimate of drug-likeness (QED) is 0.638. The Kier molecular flexibility index (Phi) is 5.97. The Bertz CT molecular complexity index is 1020. The monoisotopic (exact) mass is 425 g/mol. The fraction of sp³-hybridized carbons (Fsp3) is 0.391. The molecule has 0 N–H and O–H groups in total. The largest absolute Gasteiger partial charge is 0.337 e. The van der Waals surface area contributed by atoms with Crippen LogP contribution in [0, 0.1) is 13.8 Å². The van der Waals surface area contributed by atoms with Gasteiger partial charge in [0.15, 0.2) is 0 Å². The van der Waals surface area contributed by atoms with E-state index in [0.717, 1.165) is 54.8 Å². The molecular formula is C23H28ClN5O. The summed E-state index contributed by atoms with van der Waals surface area (Å²) in [7, 11) is 1.89. The van der Waals surface area contributed by atoms with Crippen LogP contribution >= 0.6 is 11.6 Å². The van der Waals surface area contributed by atoms with Crippen molar-refractivity contribution in [3.63, 3.8) is 0 Å². The number of halogens is 1. The van der Waals surface area contributed by atoms with Crippen LogP contribution in [-0.2, 0) is 13.6 Å². The van der Waals surface area contributed by atoms with Gasteiger partial charge in [0.2, 0.25) is 0 Å². The summed E-state index contributed by atoms with van der Waals surface area (Å²) >= 11 is 6.00. The lowest BCUT2D eigenvalue weighted by atomic mass is 10.2. The average molecular weight is 426 g/mol. The van der Waals surface area contributed by atoms with Gasteiger partial charge in [-0.15, -0.1) is 0 Å². The highest BCUT2D eigenvalue weighted by Gasteiger charge is 2.26. The zero-order valence-corrected chi connectivity index (χ0v) is 18.6. The highest BCUT2D eigenvalue weighted by molar-refractivity contribution is 6.30. The molecule has 0 unspecified atom stereocenters. The van der Waals surface area contributed by atoms with E-state index in [9.17, 15) is 4.79 Å². The second-order valence-electron chi connectivity index (χ2n) is 8.01. The first-order valence-corrected chi connectivity index (χ1v) is 10.7. The van der Waals surface area contributed by atoms with Crippen LogP contribution in [0.3, 0.4) is 0 Å². The third-order valence-electron chi connectivity index (χ3n) is 5.82. The Morgan fingerprint density at radius 3 is 2.40 bits per heavy atom. The van der Waals surface area contributed by atoms with Crippen molar-refractivity contribution >= 4 is 17.5 Å². The summed E-state index contributed by atoms with van der Waals surface area (Å²) in [5.41, 5.74) is 4.09. The van der Waals surface area contributed by atoms with Crippen molar-refractivity contribution in [2.45, 2.75) is 26.8 Å². The van der Waals surface area contributed by atoms with E-state index in [4.69, 9.17) is 11.6 Å². The summed E-state index contributed by atoms with van der Waals surface area (Å²) < 4.78 is 3.89. The zero-order chi connectivity index (χ0) is 21.3.